The number of halogens is 1. The Balaban J connectivity index is 1.62. The lowest BCUT2D eigenvalue weighted by atomic mass is 10.1. The summed E-state index contributed by atoms with van der Waals surface area (Å²) in [5, 5.41) is 10.9. The highest BCUT2D eigenvalue weighted by atomic mass is 35.5. The summed E-state index contributed by atoms with van der Waals surface area (Å²) in [7, 11) is 2.05. The Morgan fingerprint density at radius 3 is 2.52 bits per heavy atom. The Labute approximate surface area is 174 Å². The van der Waals surface area contributed by atoms with Crippen molar-refractivity contribution >= 4 is 34.2 Å². The third-order valence-electron chi connectivity index (χ3n) is 5.01. The molecule has 1 N–H and O–H groups in total. The van der Waals surface area contributed by atoms with E-state index in [-0.39, 0.29) is 6.42 Å². The molecule has 0 saturated heterocycles. The van der Waals surface area contributed by atoms with Crippen LogP contribution in [0.4, 0.5) is 5.69 Å². The molecule has 1 aromatic heterocycles. The van der Waals surface area contributed by atoms with Crippen LogP contribution < -0.4 is 4.90 Å². The lowest BCUT2D eigenvalue weighted by molar-refractivity contribution is -0.136. The maximum atomic E-state index is 11.2. The summed E-state index contributed by atoms with van der Waals surface area (Å²) >= 11 is 6.09. The van der Waals surface area contributed by atoms with E-state index in [9.17, 15) is 9.90 Å². The summed E-state index contributed by atoms with van der Waals surface area (Å²) in [4.78, 5) is 13.4. The first-order chi connectivity index (χ1) is 14.0. The number of nitrogens with zero attached hydrogens (tertiary/aromatic N) is 2. The predicted octanol–water partition coefficient (Wildman–Crippen LogP) is 5.55. The first-order valence-corrected chi connectivity index (χ1v) is 9.76. The Morgan fingerprint density at radius 1 is 1.03 bits per heavy atom. The van der Waals surface area contributed by atoms with Crippen LogP contribution in [-0.2, 0) is 17.8 Å². The summed E-state index contributed by atoms with van der Waals surface area (Å²) in [6.45, 7) is 0.759. The number of fused-ring (bicyclic) bond motifs is 1. The van der Waals surface area contributed by atoms with Crippen LogP contribution >= 0.6 is 11.6 Å². The molecule has 4 aromatic rings. The zero-order valence-corrected chi connectivity index (χ0v) is 16.8. The molecule has 5 heteroatoms. The molecular formula is C24H21ClN2O2. The number of aromatic nitrogens is 1. The molecule has 4 rings (SSSR count). The van der Waals surface area contributed by atoms with Crippen LogP contribution in [0, 0.1) is 0 Å². The van der Waals surface area contributed by atoms with E-state index in [2.05, 4.69) is 35.2 Å². The minimum absolute atomic E-state index is 0.00791. The molecule has 0 unspecified atom stereocenters. The number of carbonyl (C=O) groups is 1. The topological polar surface area (TPSA) is 45.5 Å². The molecular weight excluding hydrogens is 384 g/mol. The van der Waals surface area contributed by atoms with E-state index in [4.69, 9.17) is 11.6 Å². The van der Waals surface area contributed by atoms with Gasteiger partial charge in [0.25, 0.3) is 0 Å². The number of carboxylic acid groups (broad SMARTS) is 1. The average molecular weight is 405 g/mol. The number of carboxylic acids is 1. The number of aliphatic carboxylic acids is 1. The van der Waals surface area contributed by atoms with Crippen molar-refractivity contribution in [3.8, 4) is 5.69 Å². The number of anilines is 1. The molecule has 4 nitrogen and oxygen atoms in total. The number of hydrogen-bond donors (Lipinski definition) is 1. The smallest absolute Gasteiger partial charge is 0.307 e. The largest absolute Gasteiger partial charge is 0.481 e. The van der Waals surface area contributed by atoms with Gasteiger partial charge in [0.1, 0.15) is 0 Å². The molecule has 1 heterocycles. The van der Waals surface area contributed by atoms with Gasteiger partial charge in [0.05, 0.1) is 11.9 Å². The van der Waals surface area contributed by atoms with Crippen LogP contribution in [0.1, 0.15) is 11.1 Å². The van der Waals surface area contributed by atoms with Crippen molar-refractivity contribution in [3.05, 3.63) is 95.1 Å². The van der Waals surface area contributed by atoms with Crippen LogP contribution in [0.15, 0.2) is 79.0 Å². The van der Waals surface area contributed by atoms with E-state index in [0.717, 1.165) is 45.0 Å². The van der Waals surface area contributed by atoms with E-state index in [1.807, 2.05) is 60.3 Å². The van der Waals surface area contributed by atoms with Gasteiger partial charge in [0.15, 0.2) is 0 Å². The zero-order valence-electron chi connectivity index (χ0n) is 16.0. The summed E-state index contributed by atoms with van der Waals surface area (Å²) < 4.78 is 2.05. The minimum atomic E-state index is -0.828. The van der Waals surface area contributed by atoms with E-state index < -0.39 is 5.97 Å². The van der Waals surface area contributed by atoms with Crippen LogP contribution in [0.5, 0.6) is 0 Å². The predicted molar refractivity (Wildman–Crippen MR) is 118 cm³/mol. The Morgan fingerprint density at radius 2 is 1.79 bits per heavy atom. The van der Waals surface area contributed by atoms with Gasteiger partial charge in [-0.25, -0.2) is 0 Å². The number of rotatable bonds is 6. The van der Waals surface area contributed by atoms with Crippen molar-refractivity contribution in [2.45, 2.75) is 13.0 Å². The van der Waals surface area contributed by atoms with Gasteiger partial charge in [-0.2, -0.15) is 0 Å². The van der Waals surface area contributed by atoms with Crippen molar-refractivity contribution in [3.63, 3.8) is 0 Å². The van der Waals surface area contributed by atoms with Crippen molar-refractivity contribution in [2.24, 2.45) is 0 Å². The second kappa shape index (κ2) is 8.02. The van der Waals surface area contributed by atoms with Crippen LogP contribution in [0.25, 0.3) is 16.6 Å². The summed E-state index contributed by atoms with van der Waals surface area (Å²) in [6.07, 6.45) is 1.93. The average Bonchev–Trinajstić information content (AvgIpc) is 3.06. The van der Waals surface area contributed by atoms with Gasteiger partial charge in [-0.15, -0.1) is 0 Å². The Kier molecular flexibility index (Phi) is 5.28. The van der Waals surface area contributed by atoms with Crippen molar-refractivity contribution in [2.75, 3.05) is 11.9 Å². The fourth-order valence-electron chi connectivity index (χ4n) is 3.64. The zero-order chi connectivity index (χ0) is 20.4. The number of para-hydroxylation sites is 1. The van der Waals surface area contributed by atoms with Crippen LogP contribution in [-0.4, -0.2) is 22.7 Å². The molecule has 0 radical (unpaired) electrons. The molecule has 0 amide bonds. The highest BCUT2D eigenvalue weighted by Crippen LogP contribution is 2.27. The monoisotopic (exact) mass is 404 g/mol. The molecule has 3 aromatic carbocycles. The van der Waals surface area contributed by atoms with E-state index >= 15 is 0 Å². The van der Waals surface area contributed by atoms with Crippen molar-refractivity contribution in [1.82, 2.24) is 4.57 Å². The van der Waals surface area contributed by atoms with Gasteiger partial charge < -0.3 is 14.6 Å². The Hall–Kier alpha value is -3.24. The molecule has 0 spiro atoms. The molecule has 0 aliphatic rings. The summed E-state index contributed by atoms with van der Waals surface area (Å²) in [5.41, 5.74) is 5.06. The van der Waals surface area contributed by atoms with Crippen molar-refractivity contribution in [1.29, 1.82) is 0 Å². The van der Waals surface area contributed by atoms with Crippen LogP contribution in [0.3, 0.4) is 0 Å². The highest BCUT2D eigenvalue weighted by molar-refractivity contribution is 6.30. The van der Waals surface area contributed by atoms with Gasteiger partial charge in [0, 0.05) is 41.6 Å². The van der Waals surface area contributed by atoms with Gasteiger partial charge in [-0.05, 0) is 53.6 Å². The molecule has 0 aliphatic heterocycles. The molecule has 0 aliphatic carbocycles. The highest BCUT2D eigenvalue weighted by Gasteiger charge is 2.12. The minimum Gasteiger partial charge on any atom is -0.481 e. The summed E-state index contributed by atoms with van der Waals surface area (Å²) in [6, 6.07) is 24.0. The van der Waals surface area contributed by atoms with Gasteiger partial charge in [-0.1, -0.05) is 41.9 Å². The van der Waals surface area contributed by atoms with E-state index in [0.29, 0.717) is 0 Å². The molecule has 0 fully saturated rings. The molecule has 146 valence electrons. The van der Waals surface area contributed by atoms with E-state index in [1.54, 1.807) is 0 Å². The second-order valence-electron chi connectivity index (χ2n) is 7.11. The SMILES string of the molecule is CN(Cc1cccc(Cl)c1)c1ccc(-n2cc(CC(=O)O)c3ccccc32)cc1. The third-order valence-corrected chi connectivity index (χ3v) is 5.25. The molecule has 0 atom stereocenters. The van der Waals surface area contributed by atoms with Crippen molar-refractivity contribution < 1.29 is 9.90 Å². The fourth-order valence-corrected chi connectivity index (χ4v) is 3.85. The molecule has 0 saturated carbocycles. The Bertz CT molecular complexity index is 1170. The lowest BCUT2D eigenvalue weighted by Gasteiger charge is -2.20. The molecule has 29 heavy (non-hydrogen) atoms. The lowest BCUT2D eigenvalue weighted by Crippen LogP contribution is -2.16. The van der Waals surface area contributed by atoms with Gasteiger partial charge in [0.2, 0.25) is 0 Å². The maximum absolute atomic E-state index is 11.2. The quantitative estimate of drug-likeness (QED) is 0.458. The summed E-state index contributed by atoms with van der Waals surface area (Å²) in [5.74, 6) is -0.828. The normalized spacial score (nSPS) is 11.0. The van der Waals surface area contributed by atoms with Gasteiger partial charge in [-0.3, -0.25) is 4.79 Å². The van der Waals surface area contributed by atoms with E-state index in [1.165, 1.54) is 0 Å². The maximum Gasteiger partial charge on any atom is 0.307 e. The number of benzene rings is 3. The third kappa shape index (κ3) is 4.13. The van der Waals surface area contributed by atoms with Gasteiger partial charge >= 0.3 is 5.97 Å². The number of hydrogen-bond acceptors (Lipinski definition) is 2. The standard InChI is InChI=1S/C24H21ClN2O2/c1-26(15-17-5-4-6-19(25)13-17)20-9-11-21(12-10-20)27-16-18(14-24(28)29)22-7-2-3-8-23(22)27/h2-13,16H,14-15H2,1H3,(H,28,29). The molecule has 0 bridgehead atoms. The first kappa shape index (κ1) is 19.1. The second-order valence-corrected chi connectivity index (χ2v) is 7.55. The first-order valence-electron chi connectivity index (χ1n) is 9.38. The fraction of sp³-hybridized carbons (Fsp3) is 0.125. The van der Waals surface area contributed by atoms with Crippen LogP contribution in [0.2, 0.25) is 5.02 Å².